The van der Waals surface area contributed by atoms with Crippen LogP contribution in [0.25, 0.3) is 10.9 Å². The maximum Gasteiger partial charge on any atom is 0.255 e. The molecule has 1 aliphatic rings. The maximum absolute atomic E-state index is 13.9. The van der Waals surface area contributed by atoms with Gasteiger partial charge < -0.3 is 10.3 Å². The molecule has 1 amide bonds. The Morgan fingerprint density at radius 1 is 1.28 bits per heavy atom. The molecule has 3 nitrogen and oxygen atoms in total. The average Bonchev–Trinajstić information content (AvgIpc) is 2.94. The molecule has 128 valence electrons. The van der Waals surface area contributed by atoms with Gasteiger partial charge in [0.25, 0.3) is 5.91 Å². The molecule has 25 heavy (non-hydrogen) atoms. The van der Waals surface area contributed by atoms with Crippen molar-refractivity contribution in [2.24, 2.45) is 5.92 Å². The predicted octanol–water partition coefficient (Wildman–Crippen LogP) is 5.45. The first-order chi connectivity index (χ1) is 12.0. The van der Waals surface area contributed by atoms with E-state index in [-0.39, 0.29) is 11.6 Å². The van der Waals surface area contributed by atoms with Gasteiger partial charge in [-0.1, -0.05) is 22.9 Å². The van der Waals surface area contributed by atoms with Crippen LogP contribution in [0.15, 0.2) is 40.9 Å². The summed E-state index contributed by atoms with van der Waals surface area (Å²) in [6, 6.07) is 10.2. The van der Waals surface area contributed by atoms with Gasteiger partial charge in [-0.2, -0.15) is 0 Å². The Labute approximate surface area is 153 Å². The molecular formula is C20H18BrFN2O. The van der Waals surface area contributed by atoms with Crippen molar-refractivity contribution < 1.29 is 9.18 Å². The lowest BCUT2D eigenvalue weighted by molar-refractivity contribution is 0.102. The summed E-state index contributed by atoms with van der Waals surface area (Å²) in [7, 11) is 0. The van der Waals surface area contributed by atoms with Gasteiger partial charge in [-0.25, -0.2) is 4.39 Å². The molecule has 2 aromatic carbocycles. The highest BCUT2D eigenvalue weighted by Gasteiger charge is 2.20. The van der Waals surface area contributed by atoms with E-state index in [0.717, 1.165) is 23.7 Å². The largest absolute Gasteiger partial charge is 0.358 e. The summed E-state index contributed by atoms with van der Waals surface area (Å²) in [6.07, 6.45) is 3.27. The van der Waals surface area contributed by atoms with Gasteiger partial charge in [-0.15, -0.1) is 0 Å². The Bertz CT molecular complexity index is 979. The molecule has 1 heterocycles. The zero-order chi connectivity index (χ0) is 17.6. The molecular weight excluding hydrogens is 383 g/mol. The fraction of sp³-hybridized carbons (Fsp3) is 0.250. The van der Waals surface area contributed by atoms with Crippen molar-refractivity contribution in [2.45, 2.75) is 26.2 Å². The topological polar surface area (TPSA) is 44.9 Å². The van der Waals surface area contributed by atoms with Gasteiger partial charge in [0, 0.05) is 26.6 Å². The number of carbonyl (C=O) groups excluding carboxylic acids is 1. The molecule has 0 fully saturated rings. The van der Waals surface area contributed by atoms with Crippen LogP contribution in [-0.2, 0) is 12.8 Å². The molecule has 0 bridgehead atoms. The van der Waals surface area contributed by atoms with Crippen LogP contribution in [0.1, 0.15) is 35.0 Å². The van der Waals surface area contributed by atoms with E-state index in [0.29, 0.717) is 16.0 Å². The Balaban J connectivity index is 1.67. The lowest BCUT2D eigenvalue weighted by Gasteiger charge is -2.18. The fourth-order valence-electron chi connectivity index (χ4n) is 3.52. The van der Waals surface area contributed by atoms with Crippen molar-refractivity contribution in [1.29, 1.82) is 0 Å². The summed E-state index contributed by atoms with van der Waals surface area (Å²) >= 11 is 3.21. The van der Waals surface area contributed by atoms with Crippen LogP contribution in [-0.4, -0.2) is 10.9 Å². The average molecular weight is 401 g/mol. The number of fused-ring (bicyclic) bond motifs is 3. The van der Waals surface area contributed by atoms with E-state index in [1.165, 1.54) is 23.7 Å². The number of aryl methyl sites for hydroxylation is 1. The van der Waals surface area contributed by atoms with Crippen LogP contribution >= 0.6 is 15.9 Å². The molecule has 5 heteroatoms. The zero-order valence-corrected chi connectivity index (χ0v) is 15.4. The van der Waals surface area contributed by atoms with E-state index in [4.69, 9.17) is 0 Å². The monoisotopic (exact) mass is 400 g/mol. The summed E-state index contributed by atoms with van der Waals surface area (Å²) < 4.78 is 14.6. The Morgan fingerprint density at radius 3 is 2.92 bits per heavy atom. The number of hydrogen-bond acceptors (Lipinski definition) is 1. The summed E-state index contributed by atoms with van der Waals surface area (Å²) in [4.78, 5) is 16.0. The second kappa shape index (κ2) is 6.30. The first-order valence-corrected chi connectivity index (χ1v) is 9.20. The minimum absolute atomic E-state index is 0.179. The number of halogens is 2. The second-order valence-corrected chi connectivity index (χ2v) is 7.68. The number of carbonyl (C=O) groups is 1. The van der Waals surface area contributed by atoms with Gasteiger partial charge in [-0.05, 0) is 67.1 Å². The molecule has 3 aromatic rings. The highest BCUT2D eigenvalue weighted by molar-refractivity contribution is 9.10. The third kappa shape index (κ3) is 3.09. The number of benzene rings is 2. The highest BCUT2D eigenvalue weighted by Crippen LogP contribution is 2.32. The Morgan fingerprint density at radius 2 is 2.12 bits per heavy atom. The highest BCUT2D eigenvalue weighted by atomic mass is 79.9. The van der Waals surface area contributed by atoms with Crippen LogP contribution < -0.4 is 5.32 Å². The second-order valence-electron chi connectivity index (χ2n) is 6.77. The van der Waals surface area contributed by atoms with E-state index < -0.39 is 5.82 Å². The van der Waals surface area contributed by atoms with E-state index in [9.17, 15) is 9.18 Å². The van der Waals surface area contributed by atoms with E-state index in [1.807, 2.05) is 12.1 Å². The standard InChI is InChI=1S/C20H18BrFN2O/c1-11-2-5-17-14(8-11)15-9-12(3-6-18(15)23-17)20(25)24-19-7-4-13(21)10-16(19)22/h3-4,6-7,9-11,23H,2,5,8H2,1H3,(H,24,25)/t11-/m0/s1. The Hall–Kier alpha value is -2.14. The first kappa shape index (κ1) is 16.3. The van der Waals surface area contributed by atoms with Gasteiger partial charge in [0.05, 0.1) is 5.69 Å². The van der Waals surface area contributed by atoms with Crippen molar-refractivity contribution in [3.63, 3.8) is 0 Å². The van der Waals surface area contributed by atoms with Crippen LogP contribution in [0, 0.1) is 11.7 Å². The number of anilines is 1. The summed E-state index contributed by atoms with van der Waals surface area (Å²) in [6.45, 7) is 2.26. The van der Waals surface area contributed by atoms with Crippen molar-refractivity contribution in [1.82, 2.24) is 4.98 Å². The van der Waals surface area contributed by atoms with Crippen LogP contribution in [0.5, 0.6) is 0 Å². The minimum Gasteiger partial charge on any atom is -0.358 e. The van der Waals surface area contributed by atoms with Crippen molar-refractivity contribution in [3.05, 3.63) is 63.5 Å². The lowest BCUT2D eigenvalue weighted by Crippen LogP contribution is -2.13. The number of amides is 1. The third-order valence-corrected chi connectivity index (χ3v) is 5.37. The number of aromatic nitrogens is 1. The van der Waals surface area contributed by atoms with Crippen molar-refractivity contribution in [2.75, 3.05) is 5.32 Å². The SMILES string of the molecule is C[C@H]1CCc2[nH]c3ccc(C(=O)Nc4ccc(Br)cc4F)cc3c2C1. The van der Waals surface area contributed by atoms with Crippen LogP contribution in [0.2, 0.25) is 0 Å². The number of rotatable bonds is 2. The van der Waals surface area contributed by atoms with E-state index >= 15 is 0 Å². The molecule has 0 unspecified atom stereocenters. The maximum atomic E-state index is 13.9. The van der Waals surface area contributed by atoms with Gasteiger partial charge in [0.1, 0.15) is 5.82 Å². The van der Waals surface area contributed by atoms with Crippen LogP contribution in [0.4, 0.5) is 10.1 Å². The number of H-pyrrole nitrogens is 1. The molecule has 0 saturated carbocycles. The molecule has 0 aliphatic heterocycles. The predicted molar refractivity (Wildman–Crippen MR) is 102 cm³/mol. The lowest BCUT2D eigenvalue weighted by atomic mass is 9.87. The van der Waals surface area contributed by atoms with Crippen molar-refractivity contribution >= 4 is 38.4 Å². The molecule has 0 spiro atoms. The normalized spacial score (nSPS) is 16.7. The van der Waals surface area contributed by atoms with E-state index in [2.05, 4.69) is 33.2 Å². The van der Waals surface area contributed by atoms with Crippen LogP contribution in [0.3, 0.4) is 0 Å². The molecule has 2 N–H and O–H groups in total. The Kier molecular flexibility index (Phi) is 4.12. The number of hydrogen-bond donors (Lipinski definition) is 2. The third-order valence-electron chi connectivity index (χ3n) is 4.88. The van der Waals surface area contributed by atoms with Crippen molar-refractivity contribution in [3.8, 4) is 0 Å². The summed E-state index contributed by atoms with van der Waals surface area (Å²) in [5.74, 6) is -0.112. The fourth-order valence-corrected chi connectivity index (χ4v) is 3.85. The van der Waals surface area contributed by atoms with Gasteiger partial charge in [0.15, 0.2) is 0 Å². The molecule has 4 rings (SSSR count). The van der Waals surface area contributed by atoms with Gasteiger partial charge >= 0.3 is 0 Å². The molecule has 1 aliphatic carbocycles. The summed E-state index contributed by atoms with van der Waals surface area (Å²) in [5.41, 5.74) is 4.38. The summed E-state index contributed by atoms with van der Waals surface area (Å²) in [5, 5.41) is 3.76. The quantitative estimate of drug-likeness (QED) is 0.590. The van der Waals surface area contributed by atoms with Gasteiger partial charge in [-0.3, -0.25) is 4.79 Å². The molecule has 0 saturated heterocycles. The number of aromatic amines is 1. The zero-order valence-electron chi connectivity index (χ0n) is 13.8. The van der Waals surface area contributed by atoms with E-state index in [1.54, 1.807) is 18.2 Å². The van der Waals surface area contributed by atoms with Gasteiger partial charge in [0.2, 0.25) is 0 Å². The number of nitrogens with one attached hydrogen (secondary N) is 2. The molecule has 1 atom stereocenters. The smallest absolute Gasteiger partial charge is 0.255 e. The molecule has 0 radical (unpaired) electrons. The molecule has 1 aromatic heterocycles. The first-order valence-electron chi connectivity index (χ1n) is 8.41. The minimum atomic E-state index is -0.461.